The van der Waals surface area contributed by atoms with Crippen molar-refractivity contribution in [2.75, 3.05) is 6.61 Å². The third-order valence-electron chi connectivity index (χ3n) is 2.51. The molecule has 0 fully saturated rings. The summed E-state index contributed by atoms with van der Waals surface area (Å²) in [6.07, 6.45) is 0.828. The second-order valence-corrected chi connectivity index (χ2v) is 3.54. The standard InChI is InChI=1S/C14H18O2/c1-4-13(11(3)14(15)16-5-2)12-9-7-6-8-10-12/h6-10H,4-5H2,1-3H3/b13-11+. The number of hydrogen-bond acceptors (Lipinski definition) is 2. The van der Waals surface area contributed by atoms with Gasteiger partial charge in [0.05, 0.1) is 6.61 Å². The number of ether oxygens (including phenoxy) is 1. The van der Waals surface area contributed by atoms with Gasteiger partial charge in [0.1, 0.15) is 0 Å². The zero-order valence-electron chi connectivity index (χ0n) is 10.1. The molecule has 0 aliphatic carbocycles. The zero-order valence-corrected chi connectivity index (χ0v) is 10.1. The number of benzene rings is 1. The van der Waals surface area contributed by atoms with Crippen LogP contribution in [0, 0.1) is 0 Å². The molecule has 0 radical (unpaired) electrons. The molecule has 16 heavy (non-hydrogen) atoms. The molecule has 2 nitrogen and oxygen atoms in total. The molecule has 86 valence electrons. The number of carbonyl (C=O) groups excluding carboxylic acids is 1. The highest BCUT2D eigenvalue weighted by Crippen LogP contribution is 2.22. The molecular weight excluding hydrogens is 200 g/mol. The summed E-state index contributed by atoms with van der Waals surface area (Å²) in [6.45, 7) is 6.11. The molecule has 0 aromatic heterocycles. The van der Waals surface area contributed by atoms with Crippen molar-refractivity contribution in [3.8, 4) is 0 Å². The van der Waals surface area contributed by atoms with E-state index in [2.05, 4.69) is 0 Å². The highest BCUT2D eigenvalue weighted by atomic mass is 16.5. The van der Waals surface area contributed by atoms with E-state index in [1.54, 1.807) is 0 Å². The van der Waals surface area contributed by atoms with E-state index in [1.165, 1.54) is 0 Å². The van der Waals surface area contributed by atoms with Crippen molar-refractivity contribution in [3.05, 3.63) is 41.5 Å². The van der Waals surface area contributed by atoms with E-state index in [-0.39, 0.29) is 5.97 Å². The van der Waals surface area contributed by atoms with Crippen LogP contribution < -0.4 is 0 Å². The molecule has 1 aromatic rings. The van der Waals surface area contributed by atoms with Gasteiger partial charge in [-0.2, -0.15) is 0 Å². The maximum Gasteiger partial charge on any atom is 0.333 e. The van der Waals surface area contributed by atoms with Crippen molar-refractivity contribution in [3.63, 3.8) is 0 Å². The van der Waals surface area contributed by atoms with Gasteiger partial charge in [-0.1, -0.05) is 37.3 Å². The predicted octanol–water partition coefficient (Wildman–Crippen LogP) is 3.43. The minimum atomic E-state index is -0.219. The average Bonchev–Trinajstić information content (AvgIpc) is 2.31. The molecule has 0 spiro atoms. The smallest absolute Gasteiger partial charge is 0.333 e. The first-order valence-corrected chi connectivity index (χ1v) is 5.63. The number of hydrogen-bond donors (Lipinski definition) is 0. The van der Waals surface area contributed by atoms with Gasteiger partial charge < -0.3 is 4.74 Å². The van der Waals surface area contributed by atoms with Crippen LogP contribution in [0.15, 0.2) is 35.9 Å². The molecule has 1 rings (SSSR count). The van der Waals surface area contributed by atoms with E-state index in [4.69, 9.17) is 4.74 Å². The first-order chi connectivity index (χ1) is 7.70. The third kappa shape index (κ3) is 2.96. The van der Waals surface area contributed by atoms with Gasteiger partial charge >= 0.3 is 5.97 Å². The van der Waals surface area contributed by atoms with Crippen LogP contribution in [0.2, 0.25) is 0 Å². The Morgan fingerprint density at radius 2 is 1.81 bits per heavy atom. The quantitative estimate of drug-likeness (QED) is 0.571. The van der Waals surface area contributed by atoms with Crippen LogP contribution in [0.1, 0.15) is 32.8 Å². The molecule has 0 unspecified atom stereocenters. The Balaban J connectivity index is 3.05. The second-order valence-electron chi connectivity index (χ2n) is 3.54. The van der Waals surface area contributed by atoms with Crippen molar-refractivity contribution in [1.29, 1.82) is 0 Å². The minimum absolute atomic E-state index is 0.219. The maximum atomic E-state index is 11.6. The Hall–Kier alpha value is -1.57. The van der Waals surface area contributed by atoms with Crippen molar-refractivity contribution < 1.29 is 9.53 Å². The van der Waals surface area contributed by atoms with Gasteiger partial charge in [0.2, 0.25) is 0 Å². The lowest BCUT2D eigenvalue weighted by Crippen LogP contribution is -2.07. The molecule has 0 atom stereocenters. The second kappa shape index (κ2) is 6.11. The topological polar surface area (TPSA) is 26.3 Å². The number of rotatable bonds is 4. The highest BCUT2D eigenvalue weighted by Gasteiger charge is 2.11. The first-order valence-electron chi connectivity index (χ1n) is 5.63. The van der Waals surface area contributed by atoms with Gasteiger partial charge in [-0.25, -0.2) is 4.79 Å². The summed E-state index contributed by atoms with van der Waals surface area (Å²) >= 11 is 0. The van der Waals surface area contributed by atoms with E-state index in [0.29, 0.717) is 12.2 Å². The van der Waals surface area contributed by atoms with Gasteiger partial charge in [-0.3, -0.25) is 0 Å². The zero-order chi connectivity index (χ0) is 12.0. The predicted molar refractivity (Wildman–Crippen MR) is 66.0 cm³/mol. The lowest BCUT2D eigenvalue weighted by atomic mass is 9.98. The van der Waals surface area contributed by atoms with Crippen LogP contribution in [0.4, 0.5) is 0 Å². The summed E-state index contributed by atoms with van der Waals surface area (Å²) in [5, 5.41) is 0. The van der Waals surface area contributed by atoms with Gasteiger partial charge in [-0.15, -0.1) is 0 Å². The summed E-state index contributed by atoms with van der Waals surface area (Å²) < 4.78 is 5.01. The number of esters is 1. The Morgan fingerprint density at radius 3 is 2.31 bits per heavy atom. The fourth-order valence-corrected chi connectivity index (χ4v) is 1.69. The Kier molecular flexibility index (Phi) is 4.77. The summed E-state index contributed by atoms with van der Waals surface area (Å²) in [4.78, 5) is 11.6. The van der Waals surface area contributed by atoms with Crippen LogP contribution in [0.5, 0.6) is 0 Å². The van der Waals surface area contributed by atoms with Gasteiger partial charge in [0.25, 0.3) is 0 Å². The molecule has 0 aliphatic heterocycles. The van der Waals surface area contributed by atoms with Crippen molar-refractivity contribution >= 4 is 11.5 Å². The largest absolute Gasteiger partial charge is 0.463 e. The van der Waals surface area contributed by atoms with Crippen LogP contribution >= 0.6 is 0 Å². The molecule has 0 saturated carbocycles. The maximum absolute atomic E-state index is 11.6. The lowest BCUT2D eigenvalue weighted by Gasteiger charge is -2.10. The fourth-order valence-electron chi connectivity index (χ4n) is 1.69. The third-order valence-corrected chi connectivity index (χ3v) is 2.51. The van der Waals surface area contributed by atoms with Crippen LogP contribution in [0.3, 0.4) is 0 Å². The normalized spacial score (nSPS) is 11.9. The molecule has 0 bridgehead atoms. The van der Waals surface area contributed by atoms with E-state index in [1.807, 2.05) is 51.1 Å². The molecule has 0 N–H and O–H groups in total. The van der Waals surface area contributed by atoms with E-state index in [0.717, 1.165) is 17.6 Å². The Labute approximate surface area is 96.9 Å². The van der Waals surface area contributed by atoms with Gasteiger partial charge in [0.15, 0.2) is 0 Å². The van der Waals surface area contributed by atoms with E-state index < -0.39 is 0 Å². The van der Waals surface area contributed by atoms with Crippen molar-refractivity contribution in [2.24, 2.45) is 0 Å². The SMILES string of the molecule is CCOC(=O)/C(C)=C(\CC)c1ccccc1. The van der Waals surface area contributed by atoms with Crippen LogP contribution in [-0.4, -0.2) is 12.6 Å². The monoisotopic (exact) mass is 218 g/mol. The molecule has 0 heterocycles. The Morgan fingerprint density at radius 1 is 1.19 bits per heavy atom. The molecule has 0 saturated heterocycles. The van der Waals surface area contributed by atoms with E-state index >= 15 is 0 Å². The first kappa shape index (κ1) is 12.5. The fraction of sp³-hybridized carbons (Fsp3) is 0.357. The summed E-state index contributed by atoms with van der Waals surface area (Å²) in [7, 11) is 0. The number of allylic oxidation sites excluding steroid dienone is 1. The molecule has 0 aliphatic rings. The van der Waals surface area contributed by atoms with Gasteiger partial charge in [0, 0.05) is 5.57 Å². The summed E-state index contributed by atoms with van der Waals surface area (Å²) in [5.41, 5.74) is 2.85. The van der Waals surface area contributed by atoms with E-state index in [9.17, 15) is 4.79 Å². The summed E-state index contributed by atoms with van der Waals surface area (Å²) in [6, 6.07) is 9.95. The minimum Gasteiger partial charge on any atom is -0.463 e. The molecule has 2 heteroatoms. The van der Waals surface area contributed by atoms with Crippen molar-refractivity contribution in [1.82, 2.24) is 0 Å². The highest BCUT2D eigenvalue weighted by molar-refractivity contribution is 5.97. The average molecular weight is 218 g/mol. The molecular formula is C14H18O2. The van der Waals surface area contributed by atoms with Crippen LogP contribution in [-0.2, 0) is 9.53 Å². The van der Waals surface area contributed by atoms with Crippen molar-refractivity contribution in [2.45, 2.75) is 27.2 Å². The summed E-state index contributed by atoms with van der Waals surface area (Å²) in [5.74, 6) is -0.219. The lowest BCUT2D eigenvalue weighted by molar-refractivity contribution is -0.138. The number of carbonyl (C=O) groups is 1. The molecule has 0 amide bonds. The molecule has 1 aromatic carbocycles. The Bertz CT molecular complexity index is 377. The van der Waals surface area contributed by atoms with Crippen LogP contribution in [0.25, 0.3) is 5.57 Å². The van der Waals surface area contributed by atoms with Gasteiger partial charge in [-0.05, 0) is 31.4 Å².